The average molecular weight is 411 g/mol. The quantitative estimate of drug-likeness (QED) is 0.702. The summed E-state index contributed by atoms with van der Waals surface area (Å²) in [6.07, 6.45) is 0.150. The normalized spacial score (nSPS) is 16.3. The maximum absolute atomic E-state index is 12.7. The molecule has 148 valence electrons. The number of hydrogen-bond donors (Lipinski definition) is 1. The molecule has 1 atom stereocenters. The van der Waals surface area contributed by atoms with Gasteiger partial charge in [-0.05, 0) is 36.8 Å². The lowest BCUT2D eigenvalue weighted by Crippen LogP contribution is -2.28. The third kappa shape index (κ3) is 3.86. The molecule has 4 rings (SSSR count). The minimum absolute atomic E-state index is 0.102. The Morgan fingerprint density at radius 2 is 2.03 bits per heavy atom. The van der Waals surface area contributed by atoms with Gasteiger partial charge in [-0.25, -0.2) is 0 Å². The Balaban J connectivity index is 1.51. The van der Waals surface area contributed by atoms with Crippen molar-refractivity contribution in [2.45, 2.75) is 20.3 Å². The number of rotatable bonds is 4. The van der Waals surface area contributed by atoms with Gasteiger partial charge in [-0.1, -0.05) is 35.0 Å². The van der Waals surface area contributed by atoms with Crippen molar-refractivity contribution in [2.24, 2.45) is 5.92 Å². The van der Waals surface area contributed by atoms with Crippen LogP contribution in [0.1, 0.15) is 17.9 Å². The van der Waals surface area contributed by atoms with E-state index in [1.54, 1.807) is 30.0 Å². The summed E-state index contributed by atoms with van der Waals surface area (Å²) in [6.45, 7) is 3.86. The molecule has 1 aliphatic rings. The number of anilines is 2. The van der Waals surface area contributed by atoms with Gasteiger partial charge in [-0.15, -0.1) is 0 Å². The predicted octanol–water partition coefficient (Wildman–Crippen LogP) is 4.00. The topological polar surface area (TPSA) is 88.3 Å². The van der Waals surface area contributed by atoms with E-state index in [2.05, 4.69) is 15.5 Å². The van der Waals surface area contributed by atoms with Gasteiger partial charge < -0.3 is 14.7 Å². The molecule has 2 heterocycles. The number of hydrogen-bond acceptors (Lipinski definition) is 5. The van der Waals surface area contributed by atoms with Crippen molar-refractivity contribution in [1.82, 2.24) is 10.1 Å². The van der Waals surface area contributed by atoms with Crippen LogP contribution in [0.2, 0.25) is 5.02 Å². The minimum atomic E-state index is -0.447. The molecule has 0 unspecified atom stereocenters. The second-order valence-electron chi connectivity index (χ2n) is 6.99. The van der Waals surface area contributed by atoms with Crippen LogP contribution in [-0.4, -0.2) is 28.5 Å². The van der Waals surface area contributed by atoms with Crippen molar-refractivity contribution < 1.29 is 14.1 Å². The van der Waals surface area contributed by atoms with Crippen molar-refractivity contribution in [2.75, 3.05) is 16.8 Å². The van der Waals surface area contributed by atoms with Gasteiger partial charge in [0.15, 0.2) is 0 Å². The van der Waals surface area contributed by atoms with Crippen molar-refractivity contribution >= 4 is 34.8 Å². The Hall–Kier alpha value is -3.19. The van der Waals surface area contributed by atoms with Gasteiger partial charge in [0.1, 0.15) is 0 Å². The fraction of sp³-hybridized carbons (Fsp3) is 0.238. The first-order valence-corrected chi connectivity index (χ1v) is 9.57. The van der Waals surface area contributed by atoms with Gasteiger partial charge in [0, 0.05) is 41.9 Å². The van der Waals surface area contributed by atoms with Crippen molar-refractivity contribution in [3.63, 3.8) is 0 Å². The van der Waals surface area contributed by atoms with Crippen LogP contribution in [0.15, 0.2) is 47.0 Å². The number of amides is 2. The zero-order valence-corrected chi connectivity index (χ0v) is 16.7. The monoisotopic (exact) mass is 410 g/mol. The maximum atomic E-state index is 12.7. The highest BCUT2D eigenvalue weighted by molar-refractivity contribution is 6.31. The van der Waals surface area contributed by atoms with Crippen LogP contribution >= 0.6 is 11.6 Å². The number of aromatic nitrogens is 2. The molecule has 0 spiro atoms. The molecule has 3 aromatic rings. The first-order chi connectivity index (χ1) is 13.9. The van der Waals surface area contributed by atoms with Crippen LogP contribution in [0.3, 0.4) is 0 Å². The molecule has 0 bridgehead atoms. The number of nitrogens with one attached hydrogen (secondary N) is 1. The number of halogens is 1. The zero-order valence-electron chi connectivity index (χ0n) is 16.0. The fourth-order valence-corrected chi connectivity index (χ4v) is 3.51. The first-order valence-electron chi connectivity index (χ1n) is 9.19. The Labute approximate surface area is 172 Å². The molecular weight excluding hydrogens is 392 g/mol. The van der Waals surface area contributed by atoms with E-state index in [0.717, 1.165) is 11.1 Å². The first kappa shape index (κ1) is 19.1. The molecule has 1 aromatic heterocycles. The molecule has 0 saturated carbocycles. The third-order valence-electron chi connectivity index (χ3n) is 4.96. The highest BCUT2D eigenvalue weighted by Gasteiger charge is 2.35. The second kappa shape index (κ2) is 7.67. The van der Waals surface area contributed by atoms with Crippen LogP contribution < -0.4 is 10.2 Å². The van der Waals surface area contributed by atoms with Crippen LogP contribution in [0, 0.1) is 19.8 Å². The van der Waals surface area contributed by atoms with E-state index >= 15 is 0 Å². The molecule has 2 amide bonds. The summed E-state index contributed by atoms with van der Waals surface area (Å²) in [5.74, 6) is 0.181. The molecule has 0 aliphatic carbocycles. The molecule has 2 aromatic carbocycles. The third-order valence-corrected chi connectivity index (χ3v) is 5.37. The molecular formula is C21H19ClN4O3. The molecule has 8 heteroatoms. The molecule has 1 saturated heterocycles. The number of nitrogens with zero attached hydrogens (tertiary/aromatic N) is 3. The highest BCUT2D eigenvalue weighted by atomic mass is 35.5. The van der Waals surface area contributed by atoms with Crippen molar-refractivity contribution in [1.29, 1.82) is 0 Å². The van der Waals surface area contributed by atoms with Crippen molar-refractivity contribution in [3.8, 4) is 11.4 Å². The van der Waals surface area contributed by atoms with E-state index in [4.69, 9.17) is 16.1 Å². The lowest BCUT2D eigenvalue weighted by atomic mass is 10.1. The van der Waals surface area contributed by atoms with E-state index in [0.29, 0.717) is 34.7 Å². The standard InChI is InChI=1S/C21H19ClN4O3/c1-12-17(22)7-4-8-18(12)24-21(28)15-10-19(27)26(11-15)16-6-3-5-14(9-16)20-23-13(2)29-25-20/h3-9,15H,10-11H2,1-2H3,(H,24,28)/t15-/m1/s1. The van der Waals surface area contributed by atoms with Crippen LogP contribution in [0.4, 0.5) is 11.4 Å². The summed E-state index contributed by atoms with van der Waals surface area (Å²) in [7, 11) is 0. The van der Waals surface area contributed by atoms with E-state index in [1.165, 1.54) is 0 Å². The lowest BCUT2D eigenvalue weighted by Gasteiger charge is -2.17. The van der Waals surface area contributed by atoms with Crippen molar-refractivity contribution in [3.05, 3.63) is 58.9 Å². The van der Waals surface area contributed by atoms with Crippen LogP contribution in [-0.2, 0) is 9.59 Å². The van der Waals surface area contributed by atoms with Gasteiger partial charge in [0.05, 0.1) is 5.92 Å². The Morgan fingerprint density at radius 1 is 1.24 bits per heavy atom. The minimum Gasteiger partial charge on any atom is -0.339 e. The predicted molar refractivity (Wildman–Crippen MR) is 110 cm³/mol. The Bertz CT molecular complexity index is 1100. The maximum Gasteiger partial charge on any atom is 0.229 e. The Morgan fingerprint density at radius 3 is 2.79 bits per heavy atom. The van der Waals surface area contributed by atoms with Gasteiger partial charge >= 0.3 is 0 Å². The highest BCUT2D eigenvalue weighted by Crippen LogP contribution is 2.30. The number of carbonyl (C=O) groups excluding carboxylic acids is 2. The van der Waals surface area contributed by atoms with Gasteiger partial charge in [-0.3, -0.25) is 9.59 Å². The molecule has 1 aliphatic heterocycles. The van der Waals surface area contributed by atoms with Crippen LogP contribution in [0.5, 0.6) is 0 Å². The number of carbonyl (C=O) groups is 2. The van der Waals surface area contributed by atoms with E-state index < -0.39 is 5.92 Å². The van der Waals surface area contributed by atoms with Gasteiger partial charge in [-0.2, -0.15) is 4.98 Å². The SMILES string of the molecule is Cc1nc(-c2cccc(N3C[C@H](C(=O)Nc4cccc(Cl)c4C)CC3=O)c2)no1. The number of benzene rings is 2. The van der Waals surface area contributed by atoms with Crippen LogP contribution in [0.25, 0.3) is 11.4 Å². The fourth-order valence-electron chi connectivity index (χ4n) is 3.34. The van der Waals surface area contributed by atoms with E-state index in [-0.39, 0.29) is 18.2 Å². The molecule has 29 heavy (non-hydrogen) atoms. The average Bonchev–Trinajstić information content (AvgIpc) is 3.31. The number of aryl methyl sites for hydroxylation is 1. The smallest absolute Gasteiger partial charge is 0.229 e. The van der Waals surface area contributed by atoms with E-state index in [9.17, 15) is 9.59 Å². The van der Waals surface area contributed by atoms with Gasteiger partial charge in [0.2, 0.25) is 23.5 Å². The molecule has 7 nitrogen and oxygen atoms in total. The lowest BCUT2D eigenvalue weighted by molar-refractivity contribution is -0.122. The summed E-state index contributed by atoms with van der Waals surface area (Å²) >= 11 is 6.12. The Kier molecular flexibility index (Phi) is 5.07. The second-order valence-corrected chi connectivity index (χ2v) is 7.40. The zero-order chi connectivity index (χ0) is 20.5. The summed E-state index contributed by atoms with van der Waals surface area (Å²) in [6, 6.07) is 12.7. The largest absolute Gasteiger partial charge is 0.339 e. The van der Waals surface area contributed by atoms with E-state index in [1.807, 2.05) is 31.2 Å². The van der Waals surface area contributed by atoms with Gasteiger partial charge in [0.25, 0.3) is 0 Å². The summed E-state index contributed by atoms with van der Waals surface area (Å²) < 4.78 is 5.02. The molecule has 1 N–H and O–H groups in total. The molecule has 0 radical (unpaired) electrons. The summed E-state index contributed by atoms with van der Waals surface area (Å²) in [5.41, 5.74) is 2.90. The summed E-state index contributed by atoms with van der Waals surface area (Å²) in [4.78, 5) is 31.1. The molecule has 1 fully saturated rings. The summed E-state index contributed by atoms with van der Waals surface area (Å²) in [5, 5.41) is 7.39.